The van der Waals surface area contributed by atoms with Gasteiger partial charge in [0, 0.05) is 43.5 Å². The molecule has 4 nitrogen and oxygen atoms in total. The molecule has 1 aromatic rings. The fourth-order valence-electron chi connectivity index (χ4n) is 2.60. The number of nitrogens with zero attached hydrogens (tertiary/aromatic N) is 2. The number of rotatable bonds is 2. The monoisotopic (exact) mass is 233 g/mol. The van der Waals surface area contributed by atoms with Gasteiger partial charge in [0.15, 0.2) is 0 Å². The maximum atomic E-state index is 9.95. The number of hydrogen-bond donors (Lipinski definition) is 2. The first-order valence-corrected chi connectivity index (χ1v) is 6.13. The van der Waals surface area contributed by atoms with Crippen LogP contribution >= 0.6 is 0 Å². The Labute approximate surface area is 102 Å². The van der Waals surface area contributed by atoms with Crippen molar-refractivity contribution in [2.75, 3.05) is 31.1 Å². The highest BCUT2D eigenvalue weighted by atomic mass is 16.3. The van der Waals surface area contributed by atoms with E-state index in [4.69, 9.17) is 0 Å². The topological polar surface area (TPSA) is 48.4 Å². The first kappa shape index (κ1) is 11.0. The zero-order valence-electron chi connectivity index (χ0n) is 10.4. The lowest BCUT2D eigenvalue weighted by atomic mass is 9.74. The lowest BCUT2D eigenvalue weighted by Gasteiger charge is -2.57. The van der Waals surface area contributed by atoms with Gasteiger partial charge in [-0.15, -0.1) is 0 Å². The van der Waals surface area contributed by atoms with Gasteiger partial charge in [-0.1, -0.05) is 0 Å². The molecule has 3 heterocycles. The molecule has 1 aromatic heterocycles. The van der Waals surface area contributed by atoms with E-state index in [2.05, 4.69) is 15.2 Å². The molecule has 2 saturated heterocycles. The minimum atomic E-state index is -0.864. The van der Waals surface area contributed by atoms with E-state index in [0.717, 1.165) is 31.9 Å². The number of hydrogen-bond acceptors (Lipinski definition) is 4. The van der Waals surface area contributed by atoms with Gasteiger partial charge in [-0.25, -0.2) is 0 Å². The third-order valence-electron chi connectivity index (χ3n) is 3.79. The Morgan fingerprint density at radius 2 is 2.12 bits per heavy atom. The number of anilines is 1. The summed E-state index contributed by atoms with van der Waals surface area (Å²) in [5.74, 6) is 0. The summed E-state index contributed by atoms with van der Waals surface area (Å²) >= 11 is 0. The minimum absolute atomic E-state index is 0.526. The Morgan fingerprint density at radius 1 is 1.41 bits per heavy atom. The van der Waals surface area contributed by atoms with Gasteiger partial charge in [-0.2, -0.15) is 0 Å². The predicted octanol–water partition coefficient (Wildman–Crippen LogP) is 0.719. The largest absolute Gasteiger partial charge is 0.384 e. The summed E-state index contributed by atoms with van der Waals surface area (Å²) in [5.41, 5.74) is 1.58. The normalized spacial score (nSPS) is 22.2. The fraction of sp³-hybridized carbons (Fsp3) is 0.615. The Balaban J connectivity index is 1.76. The highest BCUT2D eigenvalue weighted by Gasteiger charge is 2.47. The average Bonchev–Trinajstić information content (AvgIpc) is 2.12. The van der Waals surface area contributed by atoms with Gasteiger partial charge >= 0.3 is 0 Å². The van der Waals surface area contributed by atoms with Crippen LogP contribution in [0.2, 0.25) is 0 Å². The van der Waals surface area contributed by atoms with Crippen LogP contribution in [0.3, 0.4) is 0 Å². The van der Waals surface area contributed by atoms with Gasteiger partial charge in [0.2, 0.25) is 0 Å². The van der Waals surface area contributed by atoms with Gasteiger partial charge in [0.05, 0.1) is 5.69 Å². The summed E-state index contributed by atoms with van der Waals surface area (Å²) in [4.78, 5) is 6.59. The van der Waals surface area contributed by atoms with Gasteiger partial charge < -0.3 is 15.3 Å². The van der Waals surface area contributed by atoms with E-state index in [0.29, 0.717) is 5.41 Å². The number of pyridine rings is 1. The molecule has 2 aliphatic rings. The van der Waals surface area contributed by atoms with Crippen molar-refractivity contribution in [1.82, 2.24) is 10.3 Å². The van der Waals surface area contributed by atoms with E-state index in [1.165, 1.54) is 5.69 Å². The van der Waals surface area contributed by atoms with Crippen LogP contribution in [-0.2, 0) is 5.60 Å². The molecule has 2 fully saturated rings. The Bertz CT molecular complexity index is 427. The van der Waals surface area contributed by atoms with E-state index in [9.17, 15) is 5.11 Å². The summed E-state index contributed by atoms with van der Waals surface area (Å²) in [6.45, 7) is 8.07. The Kier molecular flexibility index (Phi) is 2.22. The molecule has 0 amide bonds. The second-order valence-electron chi connectivity index (χ2n) is 5.92. The molecule has 3 rings (SSSR count). The summed E-state index contributed by atoms with van der Waals surface area (Å²) < 4.78 is 0. The van der Waals surface area contributed by atoms with Crippen LogP contribution in [0, 0.1) is 5.41 Å². The third-order valence-corrected chi connectivity index (χ3v) is 3.79. The van der Waals surface area contributed by atoms with Crippen molar-refractivity contribution in [2.45, 2.75) is 19.4 Å². The SMILES string of the molecule is CC(C)(O)c1cc(N2CC3(CNC3)C2)ccn1. The Hall–Kier alpha value is -1.13. The maximum Gasteiger partial charge on any atom is 0.101 e. The molecule has 0 aliphatic carbocycles. The highest BCUT2D eigenvalue weighted by molar-refractivity contribution is 5.51. The zero-order valence-corrected chi connectivity index (χ0v) is 10.4. The standard InChI is InChI=1S/C13H19N3O/c1-12(2,17)11-5-10(3-4-15-11)16-8-13(9-16)6-14-7-13/h3-5,14,17H,6-9H2,1-2H3. The number of aromatic nitrogens is 1. The van der Waals surface area contributed by atoms with Crippen LogP contribution in [0.5, 0.6) is 0 Å². The molecule has 4 heteroatoms. The van der Waals surface area contributed by atoms with Gasteiger partial charge in [0.25, 0.3) is 0 Å². The minimum Gasteiger partial charge on any atom is -0.384 e. The molecule has 0 saturated carbocycles. The molecule has 0 radical (unpaired) electrons. The van der Waals surface area contributed by atoms with Gasteiger partial charge in [-0.3, -0.25) is 4.98 Å². The second kappa shape index (κ2) is 3.43. The van der Waals surface area contributed by atoms with Crippen molar-refractivity contribution in [3.05, 3.63) is 24.0 Å². The third kappa shape index (κ3) is 1.81. The van der Waals surface area contributed by atoms with Crippen molar-refractivity contribution in [3.63, 3.8) is 0 Å². The molecule has 0 aromatic carbocycles. The number of nitrogens with one attached hydrogen (secondary N) is 1. The van der Waals surface area contributed by atoms with Crippen molar-refractivity contribution < 1.29 is 5.11 Å². The van der Waals surface area contributed by atoms with Gasteiger partial charge in [-0.05, 0) is 26.0 Å². The summed E-state index contributed by atoms with van der Waals surface area (Å²) in [7, 11) is 0. The first-order chi connectivity index (χ1) is 7.99. The van der Waals surface area contributed by atoms with E-state index in [-0.39, 0.29) is 0 Å². The molecular formula is C13H19N3O. The molecule has 1 spiro atoms. The predicted molar refractivity (Wildman–Crippen MR) is 67.0 cm³/mol. The maximum absolute atomic E-state index is 9.95. The van der Waals surface area contributed by atoms with Crippen molar-refractivity contribution >= 4 is 5.69 Å². The molecule has 0 bridgehead atoms. The second-order valence-corrected chi connectivity index (χ2v) is 5.92. The van der Waals surface area contributed by atoms with Crippen LogP contribution in [0.1, 0.15) is 19.5 Å². The van der Waals surface area contributed by atoms with Crippen molar-refractivity contribution in [3.8, 4) is 0 Å². The molecular weight excluding hydrogens is 214 g/mol. The van der Waals surface area contributed by atoms with Crippen molar-refractivity contribution in [2.24, 2.45) is 5.41 Å². The quantitative estimate of drug-likeness (QED) is 0.790. The van der Waals surface area contributed by atoms with Gasteiger partial charge in [0.1, 0.15) is 5.60 Å². The molecule has 92 valence electrons. The number of aliphatic hydroxyl groups is 1. The first-order valence-electron chi connectivity index (χ1n) is 6.13. The van der Waals surface area contributed by atoms with Crippen LogP contribution in [-0.4, -0.2) is 36.3 Å². The van der Waals surface area contributed by atoms with E-state index in [1.54, 1.807) is 20.0 Å². The summed E-state index contributed by atoms with van der Waals surface area (Å²) in [6.07, 6.45) is 1.78. The summed E-state index contributed by atoms with van der Waals surface area (Å²) in [6, 6.07) is 4.02. The molecule has 17 heavy (non-hydrogen) atoms. The molecule has 2 N–H and O–H groups in total. The van der Waals surface area contributed by atoms with E-state index in [1.807, 2.05) is 12.1 Å². The Morgan fingerprint density at radius 3 is 2.65 bits per heavy atom. The smallest absolute Gasteiger partial charge is 0.101 e. The molecule has 0 unspecified atom stereocenters. The lowest BCUT2D eigenvalue weighted by Crippen LogP contribution is -2.71. The van der Waals surface area contributed by atoms with Crippen LogP contribution in [0.25, 0.3) is 0 Å². The van der Waals surface area contributed by atoms with Crippen LogP contribution in [0.15, 0.2) is 18.3 Å². The van der Waals surface area contributed by atoms with Crippen LogP contribution in [0.4, 0.5) is 5.69 Å². The zero-order chi connectivity index (χ0) is 12.1. The average molecular weight is 233 g/mol. The summed E-state index contributed by atoms with van der Waals surface area (Å²) in [5, 5.41) is 13.3. The molecule has 2 aliphatic heterocycles. The van der Waals surface area contributed by atoms with E-state index < -0.39 is 5.60 Å². The lowest BCUT2D eigenvalue weighted by molar-refractivity contribution is 0.0737. The van der Waals surface area contributed by atoms with E-state index >= 15 is 0 Å². The molecule has 0 atom stereocenters. The fourth-order valence-corrected chi connectivity index (χ4v) is 2.60. The van der Waals surface area contributed by atoms with Crippen molar-refractivity contribution in [1.29, 1.82) is 0 Å². The highest BCUT2D eigenvalue weighted by Crippen LogP contribution is 2.37. The van der Waals surface area contributed by atoms with Crippen LogP contribution < -0.4 is 10.2 Å².